The van der Waals surface area contributed by atoms with Gasteiger partial charge in [-0.3, -0.25) is 14.5 Å². The lowest BCUT2D eigenvalue weighted by molar-refractivity contribution is -0.145. The Bertz CT molecular complexity index is 470. The fourth-order valence-corrected chi connectivity index (χ4v) is 1.87. The molecule has 1 aromatic heterocycles. The van der Waals surface area contributed by atoms with Gasteiger partial charge in [0.05, 0.1) is 26.2 Å². The van der Waals surface area contributed by atoms with Gasteiger partial charge in [0.1, 0.15) is 11.5 Å². The number of ether oxygens (including phenoxy) is 1. The molecule has 0 spiro atoms. The molecule has 6 heteroatoms. The highest BCUT2D eigenvalue weighted by molar-refractivity contribution is 5.79. The van der Waals surface area contributed by atoms with Crippen LogP contribution in [0.3, 0.4) is 0 Å². The van der Waals surface area contributed by atoms with Crippen molar-refractivity contribution in [3.05, 3.63) is 23.7 Å². The first-order chi connectivity index (χ1) is 9.96. The Morgan fingerprint density at radius 2 is 1.95 bits per heavy atom. The zero-order valence-corrected chi connectivity index (χ0v) is 13.2. The Hall–Kier alpha value is -1.82. The largest absolute Gasteiger partial charge is 0.465 e. The minimum atomic E-state index is -0.309. The Balaban J connectivity index is 2.47. The van der Waals surface area contributed by atoms with Crippen LogP contribution in [-0.2, 0) is 20.9 Å². The van der Waals surface area contributed by atoms with Gasteiger partial charge in [-0.1, -0.05) is 6.92 Å². The molecular weight excluding hydrogens is 272 g/mol. The summed E-state index contributed by atoms with van der Waals surface area (Å²) in [5, 5.41) is 0. The van der Waals surface area contributed by atoms with Crippen molar-refractivity contribution < 1.29 is 18.7 Å². The van der Waals surface area contributed by atoms with E-state index in [-0.39, 0.29) is 25.0 Å². The summed E-state index contributed by atoms with van der Waals surface area (Å²) in [7, 11) is 1.72. The zero-order chi connectivity index (χ0) is 15.8. The third-order valence-electron chi connectivity index (χ3n) is 3.08. The smallest absolute Gasteiger partial charge is 0.320 e. The molecule has 21 heavy (non-hydrogen) atoms. The van der Waals surface area contributed by atoms with Crippen molar-refractivity contribution in [2.45, 2.75) is 27.3 Å². The number of hydrogen-bond acceptors (Lipinski definition) is 5. The third kappa shape index (κ3) is 5.99. The van der Waals surface area contributed by atoms with Crippen molar-refractivity contribution in [2.75, 3.05) is 33.3 Å². The van der Waals surface area contributed by atoms with Crippen LogP contribution in [-0.4, -0.2) is 55.0 Å². The van der Waals surface area contributed by atoms with Gasteiger partial charge in [0, 0.05) is 7.05 Å². The molecule has 1 heterocycles. The van der Waals surface area contributed by atoms with Gasteiger partial charge < -0.3 is 14.1 Å². The summed E-state index contributed by atoms with van der Waals surface area (Å²) in [4.78, 5) is 27.0. The standard InChI is InChI=1S/C15H24N2O4/c1-5-17(11-15(19)20-6-2)10-14(18)16(4)9-13-8-7-12(3)21-13/h7-8H,5-6,9-11H2,1-4H3. The van der Waals surface area contributed by atoms with E-state index in [1.54, 1.807) is 23.8 Å². The normalized spacial score (nSPS) is 10.7. The molecule has 0 fully saturated rings. The SMILES string of the molecule is CCOC(=O)CN(CC)CC(=O)N(C)Cc1ccc(C)o1. The number of carbonyl (C=O) groups excluding carboxylic acids is 2. The molecule has 0 aliphatic rings. The number of rotatable bonds is 8. The number of likely N-dealkylation sites (N-methyl/N-ethyl adjacent to an activating group) is 2. The zero-order valence-electron chi connectivity index (χ0n) is 13.2. The summed E-state index contributed by atoms with van der Waals surface area (Å²) in [6, 6.07) is 3.72. The summed E-state index contributed by atoms with van der Waals surface area (Å²) >= 11 is 0. The number of esters is 1. The number of furan rings is 1. The second-order valence-electron chi connectivity index (χ2n) is 4.87. The molecule has 0 unspecified atom stereocenters. The van der Waals surface area contributed by atoms with Gasteiger partial charge in [-0.05, 0) is 32.5 Å². The second kappa shape index (κ2) is 8.46. The highest BCUT2D eigenvalue weighted by atomic mass is 16.5. The van der Waals surface area contributed by atoms with E-state index in [0.29, 0.717) is 19.7 Å². The predicted octanol–water partition coefficient (Wildman–Crippen LogP) is 1.43. The Kier molecular flexibility index (Phi) is 6.94. The molecule has 0 bridgehead atoms. The van der Waals surface area contributed by atoms with Crippen molar-refractivity contribution in [3.63, 3.8) is 0 Å². The maximum atomic E-state index is 12.2. The van der Waals surface area contributed by atoms with Gasteiger partial charge in [-0.15, -0.1) is 0 Å². The van der Waals surface area contributed by atoms with E-state index >= 15 is 0 Å². The monoisotopic (exact) mass is 296 g/mol. The summed E-state index contributed by atoms with van der Waals surface area (Å²) in [6.45, 7) is 7.23. The van der Waals surface area contributed by atoms with E-state index in [0.717, 1.165) is 11.5 Å². The number of carbonyl (C=O) groups is 2. The lowest BCUT2D eigenvalue weighted by Crippen LogP contribution is -2.40. The van der Waals surface area contributed by atoms with E-state index in [4.69, 9.17) is 9.15 Å². The van der Waals surface area contributed by atoms with Crippen LogP contribution in [0.2, 0.25) is 0 Å². The minimum absolute atomic E-state index is 0.0600. The number of aryl methyl sites for hydroxylation is 1. The van der Waals surface area contributed by atoms with E-state index in [1.807, 2.05) is 26.0 Å². The van der Waals surface area contributed by atoms with E-state index in [2.05, 4.69) is 0 Å². The molecule has 1 amide bonds. The van der Waals surface area contributed by atoms with Crippen LogP contribution in [0.1, 0.15) is 25.4 Å². The van der Waals surface area contributed by atoms with Gasteiger partial charge in [-0.25, -0.2) is 0 Å². The van der Waals surface area contributed by atoms with Gasteiger partial charge in [0.15, 0.2) is 0 Å². The highest BCUT2D eigenvalue weighted by Crippen LogP contribution is 2.09. The average molecular weight is 296 g/mol. The molecule has 118 valence electrons. The Morgan fingerprint density at radius 3 is 2.48 bits per heavy atom. The lowest BCUT2D eigenvalue weighted by atomic mass is 10.3. The Labute approximate surface area is 125 Å². The van der Waals surface area contributed by atoms with Crippen LogP contribution >= 0.6 is 0 Å². The molecule has 6 nitrogen and oxygen atoms in total. The molecule has 0 saturated heterocycles. The molecule has 0 aromatic carbocycles. The third-order valence-corrected chi connectivity index (χ3v) is 3.08. The van der Waals surface area contributed by atoms with Gasteiger partial charge in [0.25, 0.3) is 0 Å². The van der Waals surface area contributed by atoms with Crippen molar-refractivity contribution in [2.24, 2.45) is 0 Å². The van der Waals surface area contributed by atoms with Crippen molar-refractivity contribution in [3.8, 4) is 0 Å². The first kappa shape index (κ1) is 17.2. The lowest BCUT2D eigenvalue weighted by Gasteiger charge is -2.22. The fraction of sp³-hybridized carbons (Fsp3) is 0.600. The molecular formula is C15H24N2O4. The number of nitrogens with zero attached hydrogens (tertiary/aromatic N) is 2. The van der Waals surface area contributed by atoms with Gasteiger partial charge in [0.2, 0.25) is 5.91 Å². The highest BCUT2D eigenvalue weighted by Gasteiger charge is 2.17. The first-order valence-electron chi connectivity index (χ1n) is 7.13. The van der Waals surface area contributed by atoms with Crippen LogP contribution < -0.4 is 0 Å². The van der Waals surface area contributed by atoms with Crippen molar-refractivity contribution in [1.29, 1.82) is 0 Å². The maximum absolute atomic E-state index is 12.2. The van der Waals surface area contributed by atoms with E-state index in [9.17, 15) is 9.59 Å². The molecule has 0 N–H and O–H groups in total. The quantitative estimate of drug-likeness (QED) is 0.679. The second-order valence-corrected chi connectivity index (χ2v) is 4.87. The van der Waals surface area contributed by atoms with Crippen molar-refractivity contribution >= 4 is 11.9 Å². The average Bonchev–Trinajstić information content (AvgIpc) is 2.83. The molecule has 1 aromatic rings. The summed E-state index contributed by atoms with van der Waals surface area (Å²) in [5.74, 6) is 1.20. The molecule has 0 radical (unpaired) electrons. The number of amides is 1. The predicted molar refractivity (Wildman–Crippen MR) is 78.7 cm³/mol. The first-order valence-corrected chi connectivity index (χ1v) is 7.13. The van der Waals surface area contributed by atoms with Crippen LogP contribution in [0.25, 0.3) is 0 Å². The van der Waals surface area contributed by atoms with Crippen molar-refractivity contribution in [1.82, 2.24) is 9.80 Å². The van der Waals surface area contributed by atoms with E-state index < -0.39 is 0 Å². The minimum Gasteiger partial charge on any atom is -0.465 e. The van der Waals surface area contributed by atoms with Gasteiger partial charge >= 0.3 is 5.97 Å². The van der Waals surface area contributed by atoms with Crippen LogP contribution in [0.5, 0.6) is 0 Å². The fourth-order valence-electron chi connectivity index (χ4n) is 1.87. The molecule has 0 atom stereocenters. The van der Waals surface area contributed by atoms with Crippen LogP contribution in [0.15, 0.2) is 16.5 Å². The maximum Gasteiger partial charge on any atom is 0.320 e. The molecule has 0 aliphatic heterocycles. The van der Waals surface area contributed by atoms with Gasteiger partial charge in [-0.2, -0.15) is 0 Å². The summed E-state index contributed by atoms with van der Waals surface area (Å²) in [5.41, 5.74) is 0. The molecule has 1 rings (SSSR count). The van der Waals surface area contributed by atoms with Crippen LogP contribution in [0.4, 0.5) is 0 Å². The summed E-state index contributed by atoms with van der Waals surface area (Å²) < 4.78 is 10.3. The Morgan fingerprint density at radius 1 is 1.24 bits per heavy atom. The number of hydrogen-bond donors (Lipinski definition) is 0. The molecule has 0 saturated carbocycles. The summed E-state index contributed by atoms with van der Waals surface area (Å²) in [6.07, 6.45) is 0. The van der Waals surface area contributed by atoms with E-state index in [1.165, 1.54) is 0 Å². The molecule has 0 aliphatic carbocycles. The topological polar surface area (TPSA) is 63.0 Å². The van der Waals surface area contributed by atoms with Crippen LogP contribution in [0, 0.1) is 6.92 Å².